The number of carbonyl (C=O) groups excluding carboxylic acids is 2. The van der Waals surface area contributed by atoms with E-state index in [0.717, 1.165) is 33.9 Å². The molecule has 210 valence electrons. The maximum atomic E-state index is 13.7. The SMILES string of the molecule is CCCC=Cc1ccc2c(c1)c(=O)n(CCC(=O)OC)c(=O)n2Cc1cn(C(=O)NC(C)(C)C)c2ccccc12. The van der Waals surface area contributed by atoms with Gasteiger partial charge in [-0.05, 0) is 56.5 Å². The molecule has 0 unspecified atom stereocenters. The van der Waals surface area contributed by atoms with Gasteiger partial charge in [0.2, 0.25) is 0 Å². The van der Waals surface area contributed by atoms with Gasteiger partial charge in [0.05, 0.1) is 36.5 Å². The van der Waals surface area contributed by atoms with Crippen molar-refractivity contribution in [3.05, 3.63) is 86.7 Å². The number of hydrogen-bond donors (Lipinski definition) is 1. The van der Waals surface area contributed by atoms with E-state index in [4.69, 9.17) is 4.74 Å². The Morgan fingerprint density at radius 1 is 1.00 bits per heavy atom. The Morgan fingerprint density at radius 3 is 2.45 bits per heavy atom. The topological polar surface area (TPSA) is 104 Å². The molecule has 2 heterocycles. The number of esters is 1. The fraction of sp³-hybridized carbons (Fsp3) is 0.355. The first-order valence-electron chi connectivity index (χ1n) is 13.5. The second-order valence-corrected chi connectivity index (χ2v) is 10.8. The number of para-hydroxylation sites is 1. The molecule has 9 heteroatoms. The molecule has 4 rings (SSSR count). The number of benzene rings is 2. The van der Waals surface area contributed by atoms with Crippen LogP contribution in [0.1, 0.15) is 58.1 Å². The lowest BCUT2D eigenvalue weighted by Crippen LogP contribution is -2.42. The third-order valence-corrected chi connectivity index (χ3v) is 6.61. The summed E-state index contributed by atoms with van der Waals surface area (Å²) in [5.41, 5.74) is 1.34. The molecule has 0 aliphatic heterocycles. The van der Waals surface area contributed by atoms with Gasteiger partial charge in [-0.2, -0.15) is 0 Å². The van der Waals surface area contributed by atoms with E-state index in [0.29, 0.717) is 16.4 Å². The zero-order chi connectivity index (χ0) is 29.0. The highest BCUT2D eigenvalue weighted by molar-refractivity contribution is 5.94. The highest BCUT2D eigenvalue weighted by atomic mass is 16.5. The molecule has 0 aliphatic carbocycles. The molecule has 9 nitrogen and oxygen atoms in total. The molecule has 0 saturated carbocycles. The Labute approximate surface area is 232 Å². The summed E-state index contributed by atoms with van der Waals surface area (Å²) in [6, 6.07) is 12.6. The van der Waals surface area contributed by atoms with Gasteiger partial charge < -0.3 is 10.1 Å². The molecule has 2 aromatic heterocycles. The van der Waals surface area contributed by atoms with Crippen LogP contribution in [0.25, 0.3) is 27.9 Å². The lowest BCUT2D eigenvalue weighted by Gasteiger charge is -2.20. The van der Waals surface area contributed by atoms with Gasteiger partial charge in [0.15, 0.2) is 0 Å². The average molecular weight is 545 g/mol. The smallest absolute Gasteiger partial charge is 0.331 e. The van der Waals surface area contributed by atoms with Crippen LogP contribution in [0.3, 0.4) is 0 Å². The lowest BCUT2D eigenvalue weighted by molar-refractivity contribution is -0.140. The normalized spacial score (nSPS) is 11.9. The fourth-order valence-electron chi connectivity index (χ4n) is 4.68. The van der Waals surface area contributed by atoms with Gasteiger partial charge in [-0.1, -0.05) is 49.8 Å². The number of ether oxygens (including phenoxy) is 1. The molecule has 0 aliphatic rings. The zero-order valence-electron chi connectivity index (χ0n) is 23.7. The molecular weight excluding hydrogens is 508 g/mol. The van der Waals surface area contributed by atoms with E-state index >= 15 is 0 Å². The summed E-state index contributed by atoms with van der Waals surface area (Å²) in [7, 11) is 1.27. The second-order valence-electron chi connectivity index (χ2n) is 10.8. The number of fused-ring (bicyclic) bond motifs is 2. The number of aromatic nitrogens is 3. The van der Waals surface area contributed by atoms with Crippen LogP contribution in [-0.4, -0.2) is 38.4 Å². The van der Waals surface area contributed by atoms with Crippen LogP contribution < -0.4 is 16.6 Å². The third kappa shape index (κ3) is 6.09. The van der Waals surface area contributed by atoms with Crippen molar-refractivity contribution in [1.82, 2.24) is 19.0 Å². The first kappa shape index (κ1) is 28.6. The van der Waals surface area contributed by atoms with Crippen LogP contribution in [0, 0.1) is 0 Å². The van der Waals surface area contributed by atoms with E-state index in [2.05, 4.69) is 12.2 Å². The third-order valence-electron chi connectivity index (χ3n) is 6.61. The number of unbranched alkanes of at least 4 members (excludes halogenated alkanes) is 1. The maximum Gasteiger partial charge on any atom is 0.331 e. The summed E-state index contributed by atoms with van der Waals surface area (Å²) < 4.78 is 8.90. The molecule has 0 bridgehead atoms. The molecule has 0 atom stereocenters. The minimum atomic E-state index is -0.536. The van der Waals surface area contributed by atoms with Crippen molar-refractivity contribution in [2.75, 3.05) is 7.11 Å². The Bertz CT molecular complexity index is 1720. The van der Waals surface area contributed by atoms with Gasteiger partial charge in [0.1, 0.15) is 0 Å². The van der Waals surface area contributed by atoms with Crippen LogP contribution in [-0.2, 0) is 22.6 Å². The number of allylic oxidation sites excluding steroid dienone is 1. The number of carbonyl (C=O) groups is 2. The number of nitrogens with zero attached hydrogens (tertiary/aromatic N) is 3. The lowest BCUT2D eigenvalue weighted by atomic mass is 10.1. The standard InChI is InChI=1S/C31H36N4O5/c1-6-7-8-11-21-14-15-26-24(18-21)28(37)33(17-16-27(36)40-5)30(39)35(26)20-22-19-34(29(38)32-31(2,3)4)25-13-10-9-12-23(22)25/h8-15,18-19H,6-7,16-17,20H2,1-5H3,(H,32,38). The molecule has 2 aromatic carbocycles. The van der Waals surface area contributed by atoms with E-state index in [1.165, 1.54) is 11.7 Å². The van der Waals surface area contributed by atoms with Crippen LogP contribution in [0.2, 0.25) is 0 Å². The fourth-order valence-corrected chi connectivity index (χ4v) is 4.68. The minimum Gasteiger partial charge on any atom is -0.469 e. The van der Waals surface area contributed by atoms with Crippen LogP contribution in [0.15, 0.2) is 64.3 Å². The summed E-state index contributed by atoms with van der Waals surface area (Å²) in [6.45, 7) is 7.83. The first-order valence-corrected chi connectivity index (χ1v) is 13.5. The van der Waals surface area contributed by atoms with Crippen LogP contribution >= 0.6 is 0 Å². The monoisotopic (exact) mass is 544 g/mol. The van der Waals surface area contributed by atoms with Gasteiger partial charge in [-0.25, -0.2) is 9.59 Å². The quantitative estimate of drug-likeness (QED) is 0.318. The molecule has 1 N–H and O–H groups in total. The largest absolute Gasteiger partial charge is 0.469 e. The molecule has 0 spiro atoms. The summed E-state index contributed by atoms with van der Waals surface area (Å²) in [5, 5.41) is 4.17. The number of hydrogen-bond acceptors (Lipinski definition) is 5. The summed E-state index contributed by atoms with van der Waals surface area (Å²) in [6.07, 6.45) is 7.54. The van der Waals surface area contributed by atoms with Crippen molar-refractivity contribution in [2.24, 2.45) is 0 Å². The molecular formula is C31H36N4O5. The molecule has 0 fully saturated rings. The van der Waals surface area contributed by atoms with Crippen molar-refractivity contribution >= 4 is 39.9 Å². The molecule has 40 heavy (non-hydrogen) atoms. The highest BCUT2D eigenvalue weighted by Crippen LogP contribution is 2.24. The van der Waals surface area contributed by atoms with Gasteiger partial charge >= 0.3 is 17.7 Å². The summed E-state index contributed by atoms with van der Waals surface area (Å²) in [5.74, 6) is -0.512. The van der Waals surface area contributed by atoms with Gasteiger partial charge in [-0.15, -0.1) is 0 Å². The van der Waals surface area contributed by atoms with Crippen molar-refractivity contribution in [3.8, 4) is 0 Å². The van der Waals surface area contributed by atoms with Gasteiger partial charge in [0, 0.05) is 23.7 Å². The van der Waals surface area contributed by atoms with E-state index < -0.39 is 22.8 Å². The molecule has 1 amide bonds. The minimum absolute atomic E-state index is 0.105. The first-order chi connectivity index (χ1) is 19.0. The molecule has 0 radical (unpaired) electrons. The zero-order valence-corrected chi connectivity index (χ0v) is 23.7. The van der Waals surface area contributed by atoms with Crippen molar-refractivity contribution in [3.63, 3.8) is 0 Å². The Hall–Kier alpha value is -4.40. The average Bonchev–Trinajstić information content (AvgIpc) is 3.28. The van der Waals surface area contributed by atoms with Gasteiger partial charge in [0.25, 0.3) is 5.56 Å². The predicted octanol–water partition coefficient (Wildman–Crippen LogP) is 4.90. The van der Waals surface area contributed by atoms with E-state index in [-0.39, 0.29) is 25.5 Å². The van der Waals surface area contributed by atoms with Crippen LogP contribution in [0.4, 0.5) is 4.79 Å². The Kier molecular flexibility index (Phi) is 8.42. The molecule has 0 saturated heterocycles. The second kappa shape index (κ2) is 11.8. The van der Waals surface area contributed by atoms with E-state index in [9.17, 15) is 19.2 Å². The Morgan fingerprint density at radius 2 is 1.75 bits per heavy atom. The number of methoxy groups -OCH3 is 1. The van der Waals surface area contributed by atoms with Crippen molar-refractivity contribution in [1.29, 1.82) is 0 Å². The van der Waals surface area contributed by atoms with Crippen LogP contribution in [0.5, 0.6) is 0 Å². The predicted molar refractivity (Wildman–Crippen MR) is 158 cm³/mol. The van der Waals surface area contributed by atoms with Gasteiger partial charge in [-0.3, -0.25) is 23.3 Å². The molecule has 4 aromatic rings. The number of rotatable bonds is 8. The number of amides is 1. The van der Waals surface area contributed by atoms with E-state index in [1.54, 1.807) is 22.9 Å². The number of nitrogens with one attached hydrogen (secondary N) is 1. The summed E-state index contributed by atoms with van der Waals surface area (Å²) >= 11 is 0. The Balaban J connectivity index is 1.89. The summed E-state index contributed by atoms with van der Waals surface area (Å²) in [4.78, 5) is 52.2. The highest BCUT2D eigenvalue weighted by Gasteiger charge is 2.21. The maximum absolute atomic E-state index is 13.7. The van der Waals surface area contributed by atoms with Crippen molar-refractivity contribution in [2.45, 2.75) is 65.6 Å². The van der Waals surface area contributed by atoms with Crippen molar-refractivity contribution < 1.29 is 14.3 Å². The van der Waals surface area contributed by atoms with E-state index in [1.807, 2.05) is 63.3 Å².